The number of carbonyl (C=O) groups is 2. The van der Waals surface area contributed by atoms with Crippen molar-refractivity contribution in [3.63, 3.8) is 0 Å². The molecule has 0 radical (unpaired) electrons. The molecule has 2 amide bonds. The maximum absolute atomic E-state index is 12.3. The Morgan fingerprint density at radius 2 is 2.14 bits per heavy atom. The molecule has 1 saturated heterocycles. The van der Waals surface area contributed by atoms with E-state index < -0.39 is 11.5 Å². The number of hydrogen-bond donors (Lipinski definition) is 2. The van der Waals surface area contributed by atoms with Crippen LogP contribution in [-0.4, -0.2) is 67.6 Å². The molecule has 0 saturated carbocycles. The summed E-state index contributed by atoms with van der Waals surface area (Å²) in [6.45, 7) is 3.07. The summed E-state index contributed by atoms with van der Waals surface area (Å²) >= 11 is 0. The van der Waals surface area contributed by atoms with Gasteiger partial charge in [0.1, 0.15) is 5.54 Å². The Morgan fingerprint density at radius 1 is 1.43 bits per heavy atom. The van der Waals surface area contributed by atoms with E-state index in [4.69, 9.17) is 9.47 Å². The molecule has 2 unspecified atom stereocenters. The fourth-order valence-corrected chi connectivity index (χ4v) is 2.87. The summed E-state index contributed by atoms with van der Waals surface area (Å²) in [5, 5.41) is 12.3. The number of hydrogen-bond acceptors (Lipinski definition) is 4. The summed E-state index contributed by atoms with van der Waals surface area (Å²) in [6, 6.07) is -0.346. The van der Waals surface area contributed by atoms with E-state index in [1.165, 1.54) is 4.90 Å². The Kier molecular flexibility index (Phi) is 6.91. The molecule has 21 heavy (non-hydrogen) atoms. The number of carboxylic acid groups (broad SMARTS) is 1. The van der Waals surface area contributed by atoms with Gasteiger partial charge in [-0.05, 0) is 19.3 Å². The van der Waals surface area contributed by atoms with E-state index in [-0.39, 0.29) is 12.1 Å². The Bertz CT molecular complexity index is 363. The van der Waals surface area contributed by atoms with Crippen molar-refractivity contribution in [3.8, 4) is 0 Å². The summed E-state index contributed by atoms with van der Waals surface area (Å²) in [5.74, 6) is -0.919. The largest absolute Gasteiger partial charge is 0.479 e. The van der Waals surface area contributed by atoms with Gasteiger partial charge in [0.2, 0.25) is 0 Å². The molecule has 2 N–H and O–H groups in total. The zero-order valence-electron chi connectivity index (χ0n) is 13.1. The molecular formula is C14H26N2O5. The molecule has 1 heterocycles. The molecule has 7 heteroatoms. The summed E-state index contributed by atoms with van der Waals surface area (Å²) in [7, 11) is 3.11. The van der Waals surface area contributed by atoms with Gasteiger partial charge in [-0.2, -0.15) is 0 Å². The quantitative estimate of drug-likeness (QED) is 0.700. The lowest BCUT2D eigenvalue weighted by Crippen LogP contribution is -2.56. The number of nitrogens with one attached hydrogen (secondary N) is 1. The summed E-state index contributed by atoms with van der Waals surface area (Å²) in [4.78, 5) is 25.4. The van der Waals surface area contributed by atoms with Gasteiger partial charge in [0.15, 0.2) is 0 Å². The van der Waals surface area contributed by atoms with Crippen molar-refractivity contribution in [1.29, 1.82) is 0 Å². The van der Waals surface area contributed by atoms with Crippen LogP contribution in [-0.2, 0) is 14.3 Å². The van der Waals surface area contributed by atoms with Crippen LogP contribution in [0.2, 0.25) is 0 Å². The highest BCUT2D eigenvalue weighted by Crippen LogP contribution is 2.34. The monoisotopic (exact) mass is 302 g/mol. The molecule has 2 atom stereocenters. The molecule has 122 valence electrons. The van der Waals surface area contributed by atoms with Crippen LogP contribution < -0.4 is 5.32 Å². The predicted octanol–water partition coefficient (Wildman–Crippen LogP) is 1.08. The fourth-order valence-electron chi connectivity index (χ4n) is 2.87. The van der Waals surface area contributed by atoms with Gasteiger partial charge >= 0.3 is 12.0 Å². The van der Waals surface area contributed by atoms with E-state index in [1.54, 1.807) is 14.2 Å². The van der Waals surface area contributed by atoms with Crippen molar-refractivity contribution < 1.29 is 24.2 Å². The van der Waals surface area contributed by atoms with Gasteiger partial charge in [0, 0.05) is 27.3 Å². The van der Waals surface area contributed by atoms with E-state index in [0.717, 1.165) is 6.42 Å². The Balaban J connectivity index is 2.69. The minimum absolute atomic E-state index is 0.244. The molecule has 7 nitrogen and oxygen atoms in total. The molecule has 0 aromatic heterocycles. The van der Waals surface area contributed by atoms with Crippen molar-refractivity contribution in [2.45, 2.75) is 44.2 Å². The normalized spacial score (nSPS) is 23.1. The number of carboxylic acids is 1. The van der Waals surface area contributed by atoms with Gasteiger partial charge in [-0.15, -0.1) is 0 Å². The van der Waals surface area contributed by atoms with Gasteiger partial charge in [-0.1, -0.05) is 13.3 Å². The van der Waals surface area contributed by atoms with Crippen LogP contribution in [0, 0.1) is 0 Å². The number of methoxy groups -OCH3 is 2. The van der Waals surface area contributed by atoms with Crippen molar-refractivity contribution in [2.24, 2.45) is 0 Å². The zero-order chi connectivity index (χ0) is 15.9. The highest BCUT2D eigenvalue weighted by atomic mass is 16.5. The third-order valence-corrected chi connectivity index (χ3v) is 3.96. The average Bonchev–Trinajstić information content (AvgIpc) is 2.88. The second-order valence-corrected chi connectivity index (χ2v) is 5.34. The number of rotatable bonds is 8. The number of amides is 2. The molecular weight excluding hydrogens is 276 g/mol. The van der Waals surface area contributed by atoms with Gasteiger partial charge in [-0.25, -0.2) is 9.59 Å². The van der Waals surface area contributed by atoms with Crippen molar-refractivity contribution in [3.05, 3.63) is 0 Å². The van der Waals surface area contributed by atoms with Gasteiger partial charge in [-0.3, -0.25) is 0 Å². The van der Waals surface area contributed by atoms with Gasteiger partial charge in [0.25, 0.3) is 0 Å². The van der Waals surface area contributed by atoms with Crippen LogP contribution in [0.1, 0.15) is 32.6 Å². The molecule has 1 rings (SSSR count). The topological polar surface area (TPSA) is 88.1 Å². The van der Waals surface area contributed by atoms with E-state index in [2.05, 4.69) is 5.32 Å². The average molecular weight is 302 g/mol. The van der Waals surface area contributed by atoms with Gasteiger partial charge < -0.3 is 24.8 Å². The number of aliphatic carboxylic acids is 1. The first-order chi connectivity index (χ1) is 10.0. The molecule has 0 aliphatic carbocycles. The number of likely N-dealkylation sites (tertiary alicyclic amines) is 1. The SMILES string of the molecule is CCCC1(C(=O)O)CCCN1C(=O)NCC(COC)OC. The predicted molar refractivity (Wildman–Crippen MR) is 77.3 cm³/mol. The molecule has 1 aliphatic heterocycles. The maximum atomic E-state index is 12.3. The Morgan fingerprint density at radius 3 is 2.67 bits per heavy atom. The number of ether oxygens (including phenoxy) is 2. The fraction of sp³-hybridized carbons (Fsp3) is 0.857. The van der Waals surface area contributed by atoms with Crippen LogP contribution in [0.4, 0.5) is 4.79 Å². The minimum Gasteiger partial charge on any atom is -0.479 e. The van der Waals surface area contributed by atoms with E-state index in [1.807, 2.05) is 6.92 Å². The standard InChI is InChI=1S/C14H26N2O5/c1-4-6-14(12(17)18)7-5-8-16(14)13(19)15-9-11(21-3)10-20-2/h11H,4-10H2,1-3H3,(H,15,19)(H,17,18). The molecule has 1 aliphatic rings. The van der Waals surface area contributed by atoms with Crippen molar-refractivity contribution in [2.75, 3.05) is 33.9 Å². The minimum atomic E-state index is -1.07. The lowest BCUT2D eigenvalue weighted by Gasteiger charge is -2.34. The summed E-state index contributed by atoms with van der Waals surface area (Å²) in [5.41, 5.74) is -1.07. The Hall–Kier alpha value is -1.34. The first kappa shape index (κ1) is 17.7. The van der Waals surface area contributed by atoms with Crippen molar-refractivity contribution >= 4 is 12.0 Å². The third-order valence-electron chi connectivity index (χ3n) is 3.96. The van der Waals surface area contributed by atoms with Gasteiger partial charge in [0.05, 0.1) is 12.7 Å². The first-order valence-electron chi connectivity index (χ1n) is 7.32. The second kappa shape index (κ2) is 8.19. The number of nitrogens with zero attached hydrogens (tertiary/aromatic N) is 1. The molecule has 0 spiro atoms. The molecule has 0 bridgehead atoms. The van der Waals surface area contributed by atoms with Crippen LogP contribution in [0.15, 0.2) is 0 Å². The first-order valence-corrected chi connectivity index (χ1v) is 7.32. The zero-order valence-corrected chi connectivity index (χ0v) is 13.1. The van der Waals surface area contributed by atoms with E-state index in [9.17, 15) is 14.7 Å². The van der Waals surface area contributed by atoms with Crippen LogP contribution in [0.3, 0.4) is 0 Å². The van der Waals surface area contributed by atoms with Crippen molar-refractivity contribution in [1.82, 2.24) is 10.2 Å². The third kappa shape index (κ3) is 4.07. The molecule has 0 aromatic carbocycles. The molecule has 1 fully saturated rings. The second-order valence-electron chi connectivity index (χ2n) is 5.34. The highest BCUT2D eigenvalue weighted by Gasteiger charge is 2.49. The Labute approximate surface area is 125 Å². The lowest BCUT2D eigenvalue weighted by molar-refractivity contribution is -0.148. The van der Waals surface area contributed by atoms with Crippen LogP contribution >= 0.6 is 0 Å². The van der Waals surface area contributed by atoms with E-state index in [0.29, 0.717) is 39.0 Å². The molecule has 0 aromatic rings. The maximum Gasteiger partial charge on any atom is 0.329 e. The lowest BCUT2D eigenvalue weighted by atomic mass is 9.91. The summed E-state index contributed by atoms with van der Waals surface area (Å²) < 4.78 is 10.2. The highest BCUT2D eigenvalue weighted by molar-refractivity contribution is 5.87. The van der Waals surface area contributed by atoms with E-state index >= 15 is 0 Å². The number of urea groups is 1. The summed E-state index contributed by atoms with van der Waals surface area (Å²) in [6.07, 6.45) is 2.18. The van der Waals surface area contributed by atoms with Crippen LogP contribution in [0.25, 0.3) is 0 Å². The number of carbonyl (C=O) groups excluding carboxylic acids is 1. The van der Waals surface area contributed by atoms with Crippen LogP contribution in [0.5, 0.6) is 0 Å². The smallest absolute Gasteiger partial charge is 0.329 e.